The molecule has 0 aliphatic carbocycles. The third-order valence-corrected chi connectivity index (χ3v) is 3.75. The van der Waals surface area contributed by atoms with Crippen molar-refractivity contribution in [3.05, 3.63) is 52.8 Å². The number of alkyl halides is 1. The molecule has 3 aromatic rings. The lowest BCUT2D eigenvalue weighted by atomic mass is 10.3. The first-order chi connectivity index (χ1) is 9.78. The van der Waals surface area contributed by atoms with Crippen molar-refractivity contribution in [3.63, 3.8) is 0 Å². The van der Waals surface area contributed by atoms with Crippen molar-refractivity contribution in [1.82, 2.24) is 19.5 Å². The molecular formula is C14H12BrClN4. The number of imidazole rings is 1. The molecule has 0 atom stereocenters. The Hall–Kier alpha value is -1.46. The van der Waals surface area contributed by atoms with Gasteiger partial charge in [0.15, 0.2) is 0 Å². The van der Waals surface area contributed by atoms with Crippen LogP contribution in [-0.2, 0) is 13.0 Å². The van der Waals surface area contributed by atoms with Crippen LogP contribution >= 0.6 is 27.5 Å². The summed E-state index contributed by atoms with van der Waals surface area (Å²) in [6, 6.07) is 8.01. The predicted molar refractivity (Wildman–Crippen MR) is 83.0 cm³/mol. The number of fused-ring (bicyclic) bond motifs is 1. The number of hydrogen-bond acceptors (Lipinski definition) is 3. The molecule has 0 aliphatic heterocycles. The van der Waals surface area contributed by atoms with Crippen LogP contribution in [0.5, 0.6) is 0 Å². The molecule has 0 aliphatic rings. The average molecular weight is 352 g/mol. The number of halogens is 2. The van der Waals surface area contributed by atoms with Gasteiger partial charge in [-0.15, -0.1) is 11.6 Å². The Morgan fingerprint density at radius 3 is 2.90 bits per heavy atom. The predicted octanol–water partition coefficient (Wildman–Crippen LogP) is 3.42. The molecule has 0 fully saturated rings. The maximum absolute atomic E-state index is 5.88. The Morgan fingerprint density at radius 1 is 1.25 bits per heavy atom. The Bertz CT molecular complexity index is 727. The van der Waals surface area contributed by atoms with Gasteiger partial charge in [-0.1, -0.05) is 15.9 Å². The molecule has 20 heavy (non-hydrogen) atoms. The van der Waals surface area contributed by atoms with E-state index >= 15 is 0 Å². The van der Waals surface area contributed by atoms with Crippen LogP contribution in [0.2, 0.25) is 0 Å². The van der Waals surface area contributed by atoms with Crippen molar-refractivity contribution in [2.75, 3.05) is 5.88 Å². The van der Waals surface area contributed by atoms with Gasteiger partial charge in [0, 0.05) is 23.0 Å². The van der Waals surface area contributed by atoms with Crippen molar-refractivity contribution in [2.45, 2.75) is 13.0 Å². The van der Waals surface area contributed by atoms with Crippen LogP contribution in [0, 0.1) is 0 Å². The van der Waals surface area contributed by atoms with Gasteiger partial charge in [0.05, 0.1) is 23.3 Å². The van der Waals surface area contributed by atoms with Crippen molar-refractivity contribution < 1.29 is 0 Å². The Balaban J connectivity index is 2.09. The van der Waals surface area contributed by atoms with E-state index in [9.17, 15) is 0 Å². The summed E-state index contributed by atoms with van der Waals surface area (Å²) in [6.45, 7) is 0.673. The Labute approximate surface area is 130 Å². The van der Waals surface area contributed by atoms with Gasteiger partial charge in [-0.05, 0) is 24.3 Å². The summed E-state index contributed by atoms with van der Waals surface area (Å²) in [5.74, 6) is 1.53. The van der Waals surface area contributed by atoms with E-state index in [1.807, 2.05) is 18.2 Å². The minimum absolute atomic E-state index is 0.550. The molecule has 6 heteroatoms. The lowest BCUT2D eigenvalue weighted by molar-refractivity contribution is 0.735. The zero-order valence-corrected chi connectivity index (χ0v) is 13.0. The van der Waals surface area contributed by atoms with E-state index < -0.39 is 0 Å². The molecule has 2 heterocycles. The third-order valence-electron chi connectivity index (χ3n) is 3.07. The van der Waals surface area contributed by atoms with Crippen molar-refractivity contribution in [3.8, 4) is 0 Å². The van der Waals surface area contributed by atoms with E-state index in [2.05, 4.69) is 41.5 Å². The van der Waals surface area contributed by atoms with Crippen LogP contribution in [0.3, 0.4) is 0 Å². The maximum atomic E-state index is 5.88. The molecule has 0 unspecified atom stereocenters. The standard InChI is InChI=1S/C14H12BrClN4/c15-10-1-2-13-12(7-10)19-14(3-5-16)20(13)8-11-4-6-17-9-18-11/h1-2,4,6-7,9H,3,5,8H2. The molecule has 2 aromatic heterocycles. The van der Waals surface area contributed by atoms with Gasteiger partial charge in [-0.3, -0.25) is 0 Å². The SMILES string of the molecule is ClCCc1nc2cc(Br)ccc2n1Cc1ccncn1. The normalized spacial score (nSPS) is 11.1. The molecule has 0 bridgehead atoms. The molecule has 0 N–H and O–H groups in total. The zero-order chi connectivity index (χ0) is 13.9. The smallest absolute Gasteiger partial charge is 0.115 e. The summed E-state index contributed by atoms with van der Waals surface area (Å²) in [5, 5.41) is 0. The topological polar surface area (TPSA) is 43.6 Å². The molecule has 0 amide bonds. The fourth-order valence-electron chi connectivity index (χ4n) is 2.18. The quantitative estimate of drug-likeness (QED) is 0.677. The minimum Gasteiger partial charge on any atom is -0.322 e. The summed E-state index contributed by atoms with van der Waals surface area (Å²) in [6.07, 6.45) is 4.05. The second-order valence-electron chi connectivity index (χ2n) is 4.39. The summed E-state index contributed by atoms with van der Waals surface area (Å²) >= 11 is 9.36. The van der Waals surface area contributed by atoms with E-state index in [1.54, 1.807) is 12.5 Å². The molecule has 4 nitrogen and oxygen atoms in total. The molecule has 3 rings (SSSR count). The number of benzene rings is 1. The number of aryl methyl sites for hydroxylation is 1. The van der Waals surface area contributed by atoms with Gasteiger partial charge in [0.1, 0.15) is 12.2 Å². The average Bonchev–Trinajstić information content (AvgIpc) is 2.77. The van der Waals surface area contributed by atoms with Crippen molar-refractivity contribution in [2.24, 2.45) is 0 Å². The lowest BCUT2D eigenvalue weighted by Gasteiger charge is -2.07. The van der Waals surface area contributed by atoms with Crippen LogP contribution in [0.25, 0.3) is 11.0 Å². The van der Waals surface area contributed by atoms with Gasteiger partial charge in [0.25, 0.3) is 0 Å². The van der Waals surface area contributed by atoms with Crippen LogP contribution in [0.15, 0.2) is 41.3 Å². The van der Waals surface area contributed by atoms with Gasteiger partial charge < -0.3 is 4.57 Å². The van der Waals surface area contributed by atoms with Crippen LogP contribution in [0.1, 0.15) is 11.5 Å². The Kier molecular flexibility index (Phi) is 3.98. The minimum atomic E-state index is 0.550. The highest BCUT2D eigenvalue weighted by Gasteiger charge is 2.11. The Morgan fingerprint density at radius 2 is 2.15 bits per heavy atom. The highest BCUT2D eigenvalue weighted by Crippen LogP contribution is 2.22. The van der Waals surface area contributed by atoms with E-state index in [-0.39, 0.29) is 0 Å². The molecule has 102 valence electrons. The molecule has 0 saturated carbocycles. The van der Waals surface area contributed by atoms with Gasteiger partial charge in [-0.2, -0.15) is 0 Å². The largest absolute Gasteiger partial charge is 0.322 e. The fourth-order valence-corrected chi connectivity index (χ4v) is 2.70. The van der Waals surface area contributed by atoms with E-state index in [0.717, 1.165) is 33.4 Å². The third kappa shape index (κ3) is 2.69. The highest BCUT2D eigenvalue weighted by molar-refractivity contribution is 9.10. The maximum Gasteiger partial charge on any atom is 0.115 e. The van der Waals surface area contributed by atoms with Crippen LogP contribution in [0.4, 0.5) is 0 Å². The molecular weight excluding hydrogens is 340 g/mol. The summed E-state index contributed by atoms with van der Waals surface area (Å²) < 4.78 is 3.18. The summed E-state index contributed by atoms with van der Waals surface area (Å²) in [4.78, 5) is 12.9. The van der Waals surface area contributed by atoms with Gasteiger partial charge in [-0.25, -0.2) is 15.0 Å². The van der Waals surface area contributed by atoms with E-state index in [4.69, 9.17) is 11.6 Å². The second-order valence-corrected chi connectivity index (χ2v) is 5.68. The van der Waals surface area contributed by atoms with Crippen LogP contribution < -0.4 is 0 Å². The van der Waals surface area contributed by atoms with Crippen LogP contribution in [-0.4, -0.2) is 25.4 Å². The highest BCUT2D eigenvalue weighted by atomic mass is 79.9. The molecule has 0 saturated heterocycles. The molecule has 0 spiro atoms. The zero-order valence-electron chi connectivity index (χ0n) is 10.6. The van der Waals surface area contributed by atoms with Gasteiger partial charge in [0.2, 0.25) is 0 Å². The lowest BCUT2D eigenvalue weighted by Crippen LogP contribution is -2.07. The number of nitrogens with zero attached hydrogens (tertiary/aromatic N) is 4. The monoisotopic (exact) mass is 350 g/mol. The first-order valence-corrected chi connectivity index (χ1v) is 7.56. The summed E-state index contributed by atoms with van der Waals surface area (Å²) in [7, 11) is 0. The molecule has 1 aromatic carbocycles. The number of rotatable bonds is 4. The van der Waals surface area contributed by atoms with Crippen molar-refractivity contribution >= 4 is 38.6 Å². The van der Waals surface area contributed by atoms with Gasteiger partial charge >= 0.3 is 0 Å². The first-order valence-electron chi connectivity index (χ1n) is 6.23. The van der Waals surface area contributed by atoms with Crippen molar-refractivity contribution in [1.29, 1.82) is 0 Å². The summed E-state index contributed by atoms with van der Waals surface area (Å²) in [5.41, 5.74) is 3.01. The number of aromatic nitrogens is 4. The number of hydrogen-bond donors (Lipinski definition) is 0. The molecule has 0 radical (unpaired) electrons. The fraction of sp³-hybridized carbons (Fsp3) is 0.214. The van der Waals surface area contributed by atoms with E-state index in [1.165, 1.54) is 0 Å². The van der Waals surface area contributed by atoms with E-state index in [0.29, 0.717) is 12.4 Å². The second kappa shape index (κ2) is 5.89. The first kappa shape index (κ1) is 13.5.